The van der Waals surface area contributed by atoms with Crippen molar-refractivity contribution in [2.75, 3.05) is 7.11 Å². The first-order chi connectivity index (χ1) is 7.15. The smallest absolute Gasteiger partial charge is 0.330 e. The Morgan fingerprint density at radius 2 is 2.40 bits per heavy atom. The third-order valence-electron chi connectivity index (χ3n) is 2.03. The summed E-state index contributed by atoms with van der Waals surface area (Å²) < 4.78 is 4.49. The van der Waals surface area contributed by atoms with Crippen LogP contribution in [0.3, 0.4) is 0 Å². The number of carbonyl (C=O) groups is 1. The molecule has 0 saturated carbocycles. The van der Waals surface area contributed by atoms with Crippen LogP contribution in [0.4, 0.5) is 0 Å². The number of ether oxygens (including phenoxy) is 1. The second-order valence-corrected chi connectivity index (χ2v) is 4.14. The number of hydrogen-bond donors (Lipinski definition) is 1. The van der Waals surface area contributed by atoms with Crippen LogP contribution in [0.25, 0.3) is 0 Å². The molecule has 1 aromatic heterocycles. The van der Waals surface area contributed by atoms with Crippen molar-refractivity contribution in [1.82, 2.24) is 0 Å². The van der Waals surface area contributed by atoms with Gasteiger partial charge in [0.1, 0.15) is 0 Å². The van der Waals surface area contributed by atoms with E-state index in [1.54, 1.807) is 24.3 Å². The van der Waals surface area contributed by atoms with Gasteiger partial charge in [0.15, 0.2) is 0 Å². The average molecular weight is 226 g/mol. The molecule has 1 N–H and O–H groups in total. The van der Waals surface area contributed by atoms with Crippen LogP contribution in [0.1, 0.15) is 17.7 Å². The molecule has 0 aliphatic carbocycles. The molecule has 1 heterocycles. The van der Waals surface area contributed by atoms with Crippen molar-refractivity contribution < 1.29 is 14.6 Å². The van der Waals surface area contributed by atoms with Crippen LogP contribution in [0.15, 0.2) is 29.7 Å². The molecule has 0 radical (unpaired) electrons. The number of methoxy groups -OCH3 is 1. The van der Waals surface area contributed by atoms with E-state index >= 15 is 0 Å². The third kappa shape index (κ3) is 3.49. The molecule has 0 aromatic carbocycles. The van der Waals surface area contributed by atoms with Crippen molar-refractivity contribution in [2.45, 2.75) is 18.9 Å². The van der Waals surface area contributed by atoms with Gasteiger partial charge in [0, 0.05) is 16.9 Å². The molecule has 2 atom stereocenters. The Kier molecular flexibility index (Phi) is 4.52. The van der Waals surface area contributed by atoms with Gasteiger partial charge in [-0.25, -0.2) is 4.79 Å². The lowest BCUT2D eigenvalue weighted by molar-refractivity contribution is -0.134. The van der Waals surface area contributed by atoms with Crippen LogP contribution in [0.5, 0.6) is 0 Å². The minimum absolute atomic E-state index is 0.149. The summed E-state index contributed by atoms with van der Waals surface area (Å²) in [7, 11) is 1.33. The Morgan fingerprint density at radius 1 is 1.67 bits per heavy atom. The molecule has 0 unspecified atom stereocenters. The number of rotatable bonds is 4. The van der Waals surface area contributed by atoms with Crippen LogP contribution in [0.2, 0.25) is 0 Å². The Balaban J connectivity index is 2.76. The molecule has 0 saturated heterocycles. The van der Waals surface area contributed by atoms with E-state index in [2.05, 4.69) is 4.74 Å². The molecule has 0 bridgehead atoms. The van der Waals surface area contributed by atoms with E-state index in [4.69, 9.17) is 0 Å². The summed E-state index contributed by atoms with van der Waals surface area (Å²) >= 11 is 1.56. The molecule has 0 spiro atoms. The first-order valence-corrected chi connectivity index (χ1v) is 5.50. The van der Waals surface area contributed by atoms with Gasteiger partial charge < -0.3 is 9.84 Å². The summed E-state index contributed by atoms with van der Waals surface area (Å²) in [5, 5.41) is 11.5. The van der Waals surface area contributed by atoms with Gasteiger partial charge in [0.25, 0.3) is 0 Å². The lowest BCUT2D eigenvalue weighted by Gasteiger charge is -2.13. The Labute approximate surface area is 93.0 Å². The number of esters is 1. The van der Waals surface area contributed by atoms with E-state index in [-0.39, 0.29) is 5.92 Å². The fourth-order valence-corrected chi connectivity index (χ4v) is 2.13. The first kappa shape index (κ1) is 11.9. The van der Waals surface area contributed by atoms with E-state index in [1.807, 2.05) is 17.5 Å². The monoisotopic (exact) mass is 226 g/mol. The highest BCUT2D eigenvalue weighted by Gasteiger charge is 2.15. The number of aliphatic hydroxyl groups is 1. The van der Waals surface area contributed by atoms with E-state index in [0.29, 0.717) is 0 Å². The maximum atomic E-state index is 10.9. The molecule has 4 heteroatoms. The van der Waals surface area contributed by atoms with Gasteiger partial charge in [0.05, 0.1) is 13.2 Å². The highest BCUT2D eigenvalue weighted by Crippen LogP contribution is 2.25. The second-order valence-electron chi connectivity index (χ2n) is 3.16. The van der Waals surface area contributed by atoms with Crippen LogP contribution in [-0.4, -0.2) is 24.3 Å². The zero-order valence-corrected chi connectivity index (χ0v) is 9.53. The molecule has 0 amide bonds. The number of hydrogen-bond acceptors (Lipinski definition) is 4. The minimum Gasteiger partial charge on any atom is -0.466 e. The van der Waals surface area contributed by atoms with Crippen LogP contribution in [0, 0.1) is 0 Å². The normalized spacial score (nSPS) is 15.1. The van der Waals surface area contributed by atoms with Gasteiger partial charge in [-0.15, -0.1) is 11.3 Å². The second kappa shape index (κ2) is 5.68. The number of thiophene rings is 1. The maximum Gasteiger partial charge on any atom is 0.330 e. The standard InChI is InChI=1S/C11H14O3S/c1-8(12)9(5-6-11(13)14-2)10-4-3-7-15-10/h3-9,12H,1-2H3/b6-5+/t8-,9+/m0/s1. The fourth-order valence-electron chi connectivity index (χ4n) is 1.22. The van der Waals surface area contributed by atoms with E-state index in [1.165, 1.54) is 13.2 Å². The van der Waals surface area contributed by atoms with Crippen LogP contribution < -0.4 is 0 Å². The molecular formula is C11H14O3S. The summed E-state index contributed by atoms with van der Waals surface area (Å²) in [4.78, 5) is 12.0. The summed E-state index contributed by atoms with van der Waals surface area (Å²) in [6.07, 6.45) is 2.49. The maximum absolute atomic E-state index is 10.9. The number of aliphatic hydroxyl groups excluding tert-OH is 1. The molecular weight excluding hydrogens is 212 g/mol. The Hall–Kier alpha value is -1.13. The van der Waals surface area contributed by atoms with Crippen molar-refractivity contribution in [2.24, 2.45) is 0 Å². The largest absolute Gasteiger partial charge is 0.466 e. The summed E-state index contributed by atoms with van der Waals surface area (Å²) in [6, 6.07) is 3.85. The minimum atomic E-state index is -0.524. The topological polar surface area (TPSA) is 46.5 Å². The molecule has 0 aliphatic rings. The predicted molar refractivity (Wildman–Crippen MR) is 59.9 cm³/mol. The van der Waals surface area contributed by atoms with Crippen LogP contribution in [-0.2, 0) is 9.53 Å². The highest BCUT2D eigenvalue weighted by molar-refractivity contribution is 7.10. The Bertz CT molecular complexity index is 328. The summed E-state index contributed by atoms with van der Waals surface area (Å²) in [6.45, 7) is 1.70. The SMILES string of the molecule is COC(=O)/C=C/[C@@H](c1cccs1)[C@H](C)O. The molecule has 1 aromatic rings. The molecule has 15 heavy (non-hydrogen) atoms. The Morgan fingerprint density at radius 3 is 2.87 bits per heavy atom. The molecule has 82 valence electrons. The first-order valence-electron chi connectivity index (χ1n) is 4.62. The van der Waals surface area contributed by atoms with Gasteiger partial charge in [0.2, 0.25) is 0 Å². The lowest BCUT2D eigenvalue weighted by Crippen LogP contribution is -2.11. The quantitative estimate of drug-likeness (QED) is 0.630. The highest BCUT2D eigenvalue weighted by atomic mass is 32.1. The van der Waals surface area contributed by atoms with Crippen molar-refractivity contribution in [3.05, 3.63) is 34.5 Å². The molecule has 1 rings (SSSR count). The van der Waals surface area contributed by atoms with E-state index in [0.717, 1.165) is 4.88 Å². The van der Waals surface area contributed by atoms with Crippen molar-refractivity contribution >= 4 is 17.3 Å². The van der Waals surface area contributed by atoms with Gasteiger partial charge in [-0.1, -0.05) is 12.1 Å². The van der Waals surface area contributed by atoms with Gasteiger partial charge in [-0.05, 0) is 18.4 Å². The third-order valence-corrected chi connectivity index (χ3v) is 3.01. The van der Waals surface area contributed by atoms with Crippen molar-refractivity contribution in [1.29, 1.82) is 0 Å². The lowest BCUT2D eigenvalue weighted by atomic mass is 10.0. The molecule has 0 aliphatic heterocycles. The van der Waals surface area contributed by atoms with Gasteiger partial charge >= 0.3 is 5.97 Å². The fraction of sp³-hybridized carbons (Fsp3) is 0.364. The van der Waals surface area contributed by atoms with E-state index < -0.39 is 12.1 Å². The van der Waals surface area contributed by atoms with E-state index in [9.17, 15) is 9.90 Å². The van der Waals surface area contributed by atoms with Crippen LogP contribution >= 0.6 is 11.3 Å². The number of carbonyl (C=O) groups excluding carboxylic acids is 1. The summed E-state index contributed by atoms with van der Waals surface area (Å²) in [5.74, 6) is -0.554. The predicted octanol–water partition coefficient (Wildman–Crippen LogP) is 1.94. The summed E-state index contributed by atoms with van der Waals surface area (Å²) in [5.41, 5.74) is 0. The van der Waals surface area contributed by atoms with Gasteiger partial charge in [-0.3, -0.25) is 0 Å². The zero-order valence-electron chi connectivity index (χ0n) is 8.71. The van der Waals surface area contributed by atoms with Gasteiger partial charge in [-0.2, -0.15) is 0 Å². The van der Waals surface area contributed by atoms with Crippen molar-refractivity contribution in [3.8, 4) is 0 Å². The zero-order chi connectivity index (χ0) is 11.3. The van der Waals surface area contributed by atoms with Crippen molar-refractivity contribution in [3.63, 3.8) is 0 Å². The average Bonchev–Trinajstić information content (AvgIpc) is 2.70. The molecule has 3 nitrogen and oxygen atoms in total. The molecule has 0 fully saturated rings.